The molecule has 1 aliphatic carbocycles. The van der Waals surface area contributed by atoms with Crippen molar-refractivity contribution in [2.24, 2.45) is 0 Å². The van der Waals surface area contributed by atoms with Crippen LogP contribution in [0.25, 0.3) is 78.4 Å². The van der Waals surface area contributed by atoms with E-state index < -0.39 is 5.41 Å². The van der Waals surface area contributed by atoms with E-state index in [1.807, 2.05) is 60.7 Å². The van der Waals surface area contributed by atoms with Crippen molar-refractivity contribution in [3.63, 3.8) is 0 Å². The van der Waals surface area contributed by atoms with Crippen molar-refractivity contribution in [2.75, 3.05) is 0 Å². The van der Waals surface area contributed by atoms with E-state index in [2.05, 4.69) is 140 Å². The molecular formula is C52H33N3O. The number of nitrogens with zero attached hydrogens (tertiary/aromatic N) is 3. The standard InChI is InChI=1S/C52H33N3O/c1-4-16-34(17-5-1)49-53-50(35-18-6-2-7-19-35)55-51(54-49)37-21-14-20-36(32-37)40-26-15-29-47-48(40)43-33-39(30-31-46(43)56-47)52(38-22-8-3-9-23-38)44-27-12-10-24-41(44)42-25-11-13-28-45(42)52/h1-33H. The summed E-state index contributed by atoms with van der Waals surface area (Å²) < 4.78 is 6.62. The molecule has 10 aromatic rings. The minimum Gasteiger partial charge on any atom is -0.456 e. The summed E-state index contributed by atoms with van der Waals surface area (Å²) in [4.78, 5) is 15.0. The fraction of sp³-hybridized carbons (Fsp3) is 0.0192. The molecule has 11 rings (SSSR count). The molecule has 262 valence electrons. The Bertz CT molecular complexity index is 2980. The van der Waals surface area contributed by atoms with E-state index in [4.69, 9.17) is 19.4 Å². The lowest BCUT2D eigenvalue weighted by atomic mass is 9.67. The summed E-state index contributed by atoms with van der Waals surface area (Å²) in [5, 5.41) is 2.16. The Morgan fingerprint density at radius 1 is 0.339 bits per heavy atom. The first kappa shape index (κ1) is 32.0. The lowest BCUT2D eigenvalue weighted by molar-refractivity contribution is 0.668. The highest BCUT2D eigenvalue weighted by Gasteiger charge is 2.46. The van der Waals surface area contributed by atoms with Crippen LogP contribution in [0.4, 0.5) is 0 Å². The van der Waals surface area contributed by atoms with Crippen LogP contribution in [0.1, 0.15) is 22.3 Å². The molecular weight excluding hydrogens is 683 g/mol. The zero-order valence-electron chi connectivity index (χ0n) is 30.3. The molecule has 0 spiro atoms. The molecule has 0 unspecified atom stereocenters. The number of fused-ring (bicyclic) bond motifs is 6. The average molecular weight is 716 g/mol. The summed E-state index contributed by atoms with van der Waals surface area (Å²) in [6, 6.07) is 70.4. The molecule has 8 aromatic carbocycles. The van der Waals surface area contributed by atoms with E-state index in [9.17, 15) is 0 Å². The number of benzene rings is 8. The van der Waals surface area contributed by atoms with E-state index in [1.54, 1.807) is 0 Å². The maximum absolute atomic E-state index is 6.62. The Balaban J connectivity index is 1.11. The highest BCUT2D eigenvalue weighted by Crippen LogP contribution is 2.56. The van der Waals surface area contributed by atoms with Gasteiger partial charge in [-0.2, -0.15) is 0 Å². The predicted molar refractivity (Wildman–Crippen MR) is 226 cm³/mol. The Morgan fingerprint density at radius 3 is 1.48 bits per heavy atom. The topological polar surface area (TPSA) is 51.8 Å². The molecule has 0 N–H and O–H groups in total. The zero-order chi connectivity index (χ0) is 37.1. The smallest absolute Gasteiger partial charge is 0.164 e. The fourth-order valence-corrected chi connectivity index (χ4v) is 8.78. The Morgan fingerprint density at radius 2 is 0.839 bits per heavy atom. The van der Waals surface area contributed by atoms with Gasteiger partial charge in [0.1, 0.15) is 11.2 Å². The van der Waals surface area contributed by atoms with Gasteiger partial charge in [0.2, 0.25) is 0 Å². The third-order valence-corrected chi connectivity index (χ3v) is 11.2. The highest BCUT2D eigenvalue weighted by molar-refractivity contribution is 6.13. The van der Waals surface area contributed by atoms with Gasteiger partial charge < -0.3 is 4.42 Å². The van der Waals surface area contributed by atoms with E-state index >= 15 is 0 Å². The Kier molecular flexibility index (Phi) is 7.36. The van der Waals surface area contributed by atoms with Gasteiger partial charge in [-0.1, -0.05) is 176 Å². The van der Waals surface area contributed by atoms with E-state index in [1.165, 1.54) is 33.4 Å². The van der Waals surface area contributed by atoms with E-state index in [-0.39, 0.29) is 0 Å². The SMILES string of the molecule is c1ccc(-c2nc(-c3ccccc3)nc(-c3cccc(-c4cccc5oc6ccc(C7(c8ccccc8)c8ccccc8-c8ccccc87)cc6c45)c3)n2)cc1. The maximum Gasteiger partial charge on any atom is 0.164 e. The molecule has 1 aliphatic rings. The van der Waals surface area contributed by atoms with Crippen molar-refractivity contribution >= 4 is 21.9 Å². The molecule has 4 nitrogen and oxygen atoms in total. The molecule has 2 heterocycles. The summed E-state index contributed by atoms with van der Waals surface area (Å²) in [5.74, 6) is 1.89. The fourth-order valence-electron chi connectivity index (χ4n) is 8.78. The first-order chi connectivity index (χ1) is 27.8. The second-order valence-corrected chi connectivity index (χ2v) is 14.3. The monoisotopic (exact) mass is 715 g/mol. The molecule has 0 radical (unpaired) electrons. The van der Waals surface area contributed by atoms with Crippen molar-refractivity contribution < 1.29 is 4.42 Å². The van der Waals surface area contributed by atoms with Crippen LogP contribution in [-0.4, -0.2) is 15.0 Å². The molecule has 0 bridgehead atoms. The zero-order valence-corrected chi connectivity index (χ0v) is 30.3. The average Bonchev–Trinajstić information content (AvgIpc) is 3.81. The number of rotatable bonds is 6. The molecule has 0 fully saturated rings. The first-order valence-electron chi connectivity index (χ1n) is 18.9. The van der Waals surface area contributed by atoms with Gasteiger partial charge in [0.05, 0.1) is 5.41 Å². The van der Waals surface area contributed by atoms with Gasteiger partial charge in [0.15, 0.2) is 17.5 Å². The molecule has 4 heteroatoms. The van der Waals surface area contributed by atoms with Gasteiger partial charge in [0.25, 0.3) is 0 Å². The quantitative estimate of drug-likeness (QED) is 0.172. The Hall–Kier alpha value is -7.43. The largest absolute Gasteiger partial charge is 0.456 e. The number of aromatic nitrogens is 3. The maximum atomic E-state index is 6.62. The van der Waals surface area contributed by atoms with Crippen molar-refractivity contribution in [3.05, 3.63) is 222 Å². The van der Waals surface area contributed by atoms with E-state index in [0.717, 1.165) is 49.8 Å². The lowest BCUT2D eigenvalue weighted by Gasteiger charge is -2.33. The van der Waals surface area contributed by atoms with Crippen molar-refractivity contribution in [1.82, 2.24) is 15.0 Å². The second kappa shape index (κ2) is 12.9. The number of hydrogen-bond acceptors (Lipinski definition) is 4. The molecule has 0 saturated carbocycles. The van der Waals surface area contributed by atoms with Gasteiger partial charge in [-0.3, -0.25) is 0 Å². The van der Waals surface area contributed by atoms with Crippen LogP contribution in [-0.2, 0) is 5.41 Å². The van der Waals surface area contributed by atoms with Crippen molar-refractivity contribution in [2.45, 2.75) is 5.41 Å². The second-order valence-electron chi connectivity index (χ2n) is 14.3. The lowest BCUT2D eigenvalue weighted by Crippen LogP contribution is -2.28. The van der Waals surface area contributed by atoms with Gasteiger partial charge >= 0.3 is 0 Å². The van der Waals surface area contributed by atoms with Gasteiger partial charge in [-0.25, -0.2) is 15.0 Å². The Labute approximate surface area is 324 Å². The molecule has 0 aliphatic heterocycles. The number of hydrogen-bond donors (Lipinski definition) is 0. The van der Waals surface area contributed by atoms with Gasteiger partial charge in [0, 0.05) is 27.5 Å². The van der Waals surface area contributed by atoms with Crippen molar-refractivity contribution in [3.8, 4) is 56.4 Å². The van der Waals surface area contributed by atoms with Crippen LogP contribution in [0.3, 0.4) is 0 Å². The predicted octanol–water partition coefficient (Wildman–Crippen LogP) is 12.8. The summed E-state index contributed by atoms with van der Waals surface area (Å²) in [6.45, 7) is 0. The molecule has 0 saturated heterocycles. The first-order valence-corrected chi connectivity index (χ1v) is 18.9. The van der Waals surface area contributed by atoms with Crippen molar-refractivity contribution in [1.29, 1.82) is 0 Å². The van der Waals surface area contributed by atoms with Crippen LogP contribution >= 0.6 is 0 Å². The number of furan rings is 1. The van der Waals surface area contributed by atoms with Crippen LogP contribution in [0.5, 0.6) is 0 Å². The van der Waals surface area contributed by atoms with E-state index in [0.29, 0.717) is 17.5 Å². The highest BCUT2D eigenvalue weighted by atomic mass is 16.3. The van der Waals surface area contributed by atoms with Crippen LogP contribution in [0.15, 0.2) is 205 Å². The molecule has 0 amide bonds. The van der Waals surface area contributed by atoms with Crippen LogP contribution < -0.4 is 0 Å². The third kappa shape index (κ3) is 4.96. The molecule has 0 atom stereocenters. The minimum absolute atomic E-state index is 0.507. The van der Waals surface area contributed by atoms with Crippen LogP contribution in [0, 0.1) is 0 Å². The third-order valence-electron chi connectivity index (χ3n) is 11.2. The van der Waals surface area contributed by atoms with Crippen LogP contribution in [0.2, 0.25) is 0 Å². The summed E-state index contributed by atoms with van der Waals surface area (Å²) >= 11 is 0. The summed E-state index contributed by atoms with van der Waals surface area (Å²) in [5.41, 5.74) is 13.7. The summed E-state index contributed by atoms with van der Waals surface area (Å²) in [6.07, 6.45) is 0. The van der Waals surface area contributed by atoms with Gasteiger partial charge in [-0.05, 0) is 68.8 Å². The molecule has 56 heavy (non-hydrogen) atoms. The molecule has 2 aromatic heterocycles. The normalized spacial score (nSPS) is 12.8. The van der Waals surface area contributed by atoms with Gasteiger partial charge in [-0.15, -0.1) is 0 Å². The summed E-state index contributed by atoms with van der Waals surface area (Å²) in [7, 11) is 0. The minimum atomic E-state index is -0.507.